The van der Waals surface area contributed by atoms with Gasteiger partial charge in [0.15, 0.2) is 11.5 Å². The lowest BCUT2D eigenvalue weighted by atomic mass is 10.1. The maximum absolute atomic E-state index is 11.9. The standard InChI is InChI=1S/C16H26N2O3/c1-5-6-13(17)16(19)18-11(2)9-12-7-8-14(20-3)15(10-12)21-4/h7-8,10-11,13H,5-6,9,17H2,1-4H3,(H,18,19). The topological polar surface area (TPSA) is 73.6 Å². The molecule has 1 amide bonds. The third-order valence-corrected chi connectivity index (χ3v) is 3.31. The molecule has 1 aromatic carbocycles. The van der Waals surface area contributed by atoms with Crippen LogP contribution >= 0.6 is 0 Å². The van der Waals surface area contributed by atoms with Crippen LogP contribution in [-0.2, 0) is 11.2 Å². The molecular weight excluding hydrogens is 268 g/mol. The van der Waals surface area contributed by atoms with E-state index in [0.29, 0.717) is 24.3 Å². The molecule has 0 radical (unpaired) electrons. The number of benzene rings is 1. The van der Waals surface area contributed by atoms with Gasteiger partial charge in [0, 0.05) is 6.04 Å². The fourth-order valence-electron chi connectivity index (χ4n) is 2.20. The van der Waals surface area contributed by atoms with Gasteiger partial charge >= 0.3 is 0 Å². The van der Waals surface area contributed by atoms with E-state index >= 15 is 0 Å². The van der Waals surface area contributed by atoms with E-state index in [2.05, 4.69) is 5.32 Å². The molecule has 0 heterocycles. The third-order valence-electron chi connectivity index (χ3n) is 3.31. The highest BCUT2D eigenvalue weighted by Crippen LogP contribution is 2.27. The van der Waals surface area contributed by atoms with E-state index in [1.807, 2.05) is 32.0 Å². The number of ether oxygens (including phenoxy) is 2. The minimum Gasteiger partial charge on any atom is -0.493 e. The highest BCUT2D eigenvalue weighted by molar-refractivity contribution is 5.81. The summed E-state index contributed by atoms with van der Waals surface area (Å²) in [5, 5.41) is 2.94. The van der Waals surface area contributed by atoms with Crippen molar-refractivity contribution in [2.24, 2.45) is 5.73 Å². The van der Waals surface area contributed by atoms with E-state index in [9.17, 15) is 4.79 Å². The molecule has 0 spiro atoms. The van der Waals surface area contributed by atoms with Gasteiger partial charge in [-0.15, -0.1) is 0 Å². The molecule has 1 aromatic rings. The molecule has 0 fully saturated rings. The van der Waals surface area contributed by atoms with E-state index in [0.717, 1.165) is 12.0 Å². The molecule has 2 atom stereocenters. The average Bonchev–Trinajstić information content (AvgIpc) is 2.47. The van der Waals surface area contributed by atoms with Gasteiger partial charge in [0.25, 0.3) is 0 Å². The van der Waals surface area contributed by atoms with Crippen LogP contribution in [0.15, 0.2) is 18.2 Å². The molecule has 0 aliphatic rings. The lowest BCUT2D eigenvalue weighted by molar-refractivity contribution is -0.123. The lowest BCUT2D eigenvalue weighted by Crippen LogP contribution is -2.45. The van der Waals surface area contributed by atoms with E-state index in [-0.39, 0.29) is 11.9 Å². The van der Waals surface area contributed by atoms with Gasteiger partial charge in [-0.3, -0.25) is 4.79 Å². The van der Waals surface area contributed by atoms with E-state index in [1.165, 1.54) is 0 Å². The first kappa shape index (κ1) is 17.3. The van der Waals surface area contributed by atoms with Crippen molar-refractivity contribution in [3.8, 4) is 11.5 Å². The second-order valence-corrected chi connectivity index (χ2v) is 5.20. The Hall–Kier alpha value is -1.75. The van der Waals surface area contributed by atoms with Crippen molar-refractivity contribution in [2.75, 3.05) is 14.2 Å². The number of nitrogens with one attached hydrogen (secondary N) is 1. The Kier molecular flexibility index (Phi) is 7.02. The molecule has 5 nitrogen and oxygen atoms in total. The normalized spacial score (nSPS) is 13.4. The van der Waals surface area contributed by atoms with Gasteiger partial charge in [-0.2, -0.15) is 0 Å². The maximum Gasteiger partial charge on any atom is 0.237 e. The molecule has 118 valence electrons. The molecule has 21 heavy (non-hydrogen) atoms. The highest BCUT2D eigenvalue weighted by Gasteiger charge is 2.15. The summed E-state index contributed by atoms with van der Waals surface area (Å²) in [6.45, 7) is 3.98. The fraction of sp³-hybridized carbons (Fsp3) is 0.562. The summed E-state index contributed by atoms with van der Waals surface area (Å²) in [5.41, 5.74) is 6.88. The zero-order chi connectivity index (χ0) is 15.8. The van der Waals surface area contributed by atoms with Crippen molar-refractivity contribution in [3.63, 3.8) is 0 Å². The maximum atomic E-state index is 11.9. The van der Waals surface area contributed by atoms with Crippen LogP contribution in [0.2, 0.25) is 0 Å². The third kappa shape index (κ3) is 5.27. The van der Waals surface area contributed by atoms with Crippen LogP contribution in [-0.4, -0.2) is 32.2 Å². The Morgan fingerprint density at radius 2 is 1.95 bits per heavy atom. The van der Waals surface area contributed by atoms with E-state index < -0.39 is 6.04 Å². The smallest absolute Gasteiger partial charge is 0.237 e. The Morgan fingerprint density at radius 1 is 1.29 bits per heavy atom. The van der Waals surface area contributed by atoms with Gasteiger partial charge in [0.1, 0.15) is 0 Å². The van der Waals surface area contributed by atoms with Crippen LogP contribution < -0.4 is 20.5 Å². The summed E-state index contributed by atoms with van der Waals surface area (Å²) in [7, 11) is 3.21. The molecule has 0 bridgehead atoms. The van der Waals surface area contributed by atoms with Crippen molar-refractivity contribution in [1.82, 2.24) is 5.32 Å². The van der Waals surface area contributed by atoms with Gasteiger partial charge in [-0.25, -0.2) is 0 Å². The number of hydrogen-bond donors (Lipinski definition) is 2. The summed E-state index contributed by atoms with van der Waals surface area (Å²) in [5.74, 6) is 1.30. The number of methoxy groups -OCH3 is 2. The molecule has 0 aromatic heterocycles. The van der Waals surface area contributed by atoms with E-state index in [1.54, 1.807) is 14.2 Å². The van der Waals surface area contributed by atoms with Crippen molar-refractivity contribution in [1.29, 1.82) is 0 Å². The monoisotopic (exact) mass is 294 g/mol. The van der Waals surface area contributed by atoms with Gasteiger partial charge in [-0.05, 0) is 37.5 Å². The van der Waals surface area contributed by atoms with Gasteiger partial charge in [0.2, 0.25) is 5.91 Å². The molecular formula is C16H26N2O3. The van der Waals surface area contributed by atoms with Crippen LogP contribution in [0.1, 0.15) is 32.3 Å². The second kappa shape index (κ2) is 8.52. The first-order valence-corrected chi connectivity index (χ1v) is 7.28. The summed E-state index contributed by atoms with van der Waals surface area (Å²) >= 11 is 0. The number of hydrogen-bond acceptors (Lipinski definition) is 4. The molecule has 0 saturated heterocycles. The van der Waals surface area contributed by atoms with E-state index in [4.69, 9.17) is 15.2 Å². The first-order valence-electron chi connectivity index (χ1n) is 7.28. The molecule has 5 heteroatoms. The minimum atomic E-state index is -0.428. The summed E-state index contributed by atoms with van der Waals surface area (Å²) in [6.07, 6.45) is 2.32. The fourth-order valence-corrected chi connectivity index (χ4v) is 2.20. The van der Waals surface area contributed by atoms with Crippen LogP contribution in [0.4, 0.5) is 0 Å². The number of rotatable bonds is 8. The SMILES string of the molecule is CCCC(N)C(=O)NC(C)Cc1ccc(OC)c(OC)c1. The predicted molar refractivity (Wildman–Crippen MR) is 83.7 cm³/mol. The molecule has 3 N–H and O–H groups in total. The molecule has 2 unspecified atom stereocenters. The van der Waals surface area contributed by atoms with Crippen LogP contribution in [0, 0.1) is 0 Å². The minimum absolute atomic E-state index is 0.0125. The Labute approximate surface area is 126 Å². The zero-order valence-corrected chi connectivity index (χ0v) is 13.3. The predicted octanol–water partition coefficient (Wildman–Crippen LogP) is 1.88. The summed E-state index contributed by atoms with van der Waals surface area (Å²) in [4.78, 5) is 11.9. The second-order valence-electron chi connectivity index (χ2n) is 5.20. The summed E-state index contributed by atoms with van der Waals surface area (Å²) in [6, 6.07) is 5.34. The van der Waals surface area contributed by atoms with Crippen molar-refractivity contribution < 1.29 is 14.3 Å². The first-order chi connectivity index (χ1) is 10.0. The highest BCUT2D eigenvalue weighted by atomic mass is 16.5. The van der Waals surface area contributed by atoms with Crippen LogP contribution in [0.25, 0.3) is 0 Å². The molecule has 0 saturated carbocycles. The number of carbonyl (C=O) groups is 1. The molecule has 0 aliphatic carbocycles. The zero-order valence-electron chi connectivity index (χ0n) is 13.3. The number of carbonyl (C=O) groups excluding carboxylic acids is 1. The van der Waals surface area contributed by atoms with Gasteiger partial charge in [-0.1, -0.05) is 19.4 Å². The Bertz CT molecular complexity index is 463. The van der Waals surface area contributed by atoms with Gasteiger partial charge < -0.3 is 20.5 Å². The number of nitrogens with two attached hydrogens (primary N) is 1. The molecule has 0 aliphatic heterocycles. The quantitative estimate of drug-likeness (QED) is 0.768. The van der Waals surface area contributed by atoms with Crippen LogP contribution in [0.5, 0.6) is 11.5 Å². The van der Waals surface area contributed by atoms with Crippen molar-refractivity contribution in [2.45, 2.75) is 45.2 Å². The van der Waals surface area contributed by atoms with Crippen LogP contribution in [0.3, 0.4) is 0 Å². The summed E-state index contributed by atoms with van der Waals surface area (Å²) < 4.78 is 10.5. The van der Waals surface area contributed by atoms with Crippen molar-refractivity contribution in [3.05, 3.63) is 23.8 Å². The Balaban J connectivity index is 2.62. The largest absolute Gasteiger partial charge is 0.493 e. The van der Waals surface area contributed by atoms with Crippen molar-refractivity contribution >= 4 is 5.91 Å². The number of amides is 1. The van der Waals surface area contributed by atoms with Gasteiger partial charge in [0.05, 0.1) is 20.3 Å². The molecule has 1 rings (SSSR count). The lowest BCUT2D eigenvalue weighted by Gasteiger charge is -2.18. The Morgan fingerprint density at radius 3 is 2.52 bits per heavy atom. The average molecular weight is 294 g/mol.